The molecule has 2 aromatic heterocycles. The molecule has 11 rings (SSSR count). The highest BCUT2D eigenvalue weighted by molar-refractivity contribution is 7.26. The maximum absolute atomic E-state index is 5.24. The van der Waals surface area contributed by atoms with Crippen LogP contribution < -0.4 is 4.90 Å². The van der Waals surface area contributed by atoms with Crippen molar-refractivity contribution in [3.63, 3.8) is 0 Å². The Labute approximate surface area is 340 Å². The summed E-state index contributed by atoms with van der Waals surface area (Å²) in [6, 6.07) is 72.9. The summed E-state index contributed by atoms with van der Waals surface area (Å²) in [5.74, 6) is 1.96. The molecule has 0 bridgehead atoms. The van der Waals surface area contributed by atoms with Crippen molar-refractivity contribution >= 4 is 70.1 Å². The van der Waals surface area contributed by atoms with Crippen LogP contribution in [0.1, 0.15) is 0 Å². The lowest BCUT2D eigenvalue weighted by atomic mass is 10.0. The van der Waals surface area contributed by atoms with Crippen LogP contribution in [0.3, 0.4) is 0 Å². The summed E-state index contributed by atoms with van der Waals surface area (Å²) in [6.45, 7) is 0. The van der Waals surface area contributed by atoms with Crippen molar-refractivity contribution in [2.75, 3.05) is 4.90 Å². The number of fused-ring (bicyclic) bond motifs is 5. The molecule has 0 aliphatic rings. The maximum Gasteiger partial charge on any atom is 0.164 e. The molecule has 0 radical (unpaired) electrons. The molecule has 0 unspecified atom stereocenters. The molecule has 0 fully saturated rings. The average molecular weight is 759 g/mol. The first-order valence-corrected chi connectivity index (χ1v) is 20.2. The lowest BCUT2D eigenvalue weighted by Gasteiger charge is -2.26. The highest BCUT2D eigenvalue weighted by Crippen LogP contribution is 2.44. The predicted octanol–water partition coefficient (Wildman–Crippen LogP) is 14.7. The highest BCUT2D eigenvalue weighted by Gasteiger charge is 2.20. The van der Waals surface area contributed by atoms with Crippen molar-refractivity contribution < 1.29 is 0 Å². The summed E-state index contributed by atoms with van der Waals surface area (Å²) < 4.78 is 2.37. The smallest absolute Gasteiger partial charge is 0.164 e. The Morgan fingerprint density at radius 2 is 0.914 bits per heavy atom. The molecule has 0 amide bonds. The second-order valence-electron chi connectivity index (χ2n) is 14.4. The van der Waals surface area contributed by atoms with Crippen LogP contribution in [0, 0.1) is 0 Å². The first kappa shape index (κ1) is 33.8. The van der Waals surface area contributed by atoms with Gasteiger partial charge in [0.2, 0.25) is 0 Å². The zero-order valence-electron chi connectivity index (χ0n) is 31.3. The fraction of sp³-hybridized carbons (Fsp3) is 0. The monoisotopic (exact) mass is 758 g/mol. The number of aromatic nitrogens is 3. The number of hydrogen-bond acceptors (Lipinski definition) is 5. The van der Waals surface area contributed by atoms with Crippen molar-refractivity contribution in [1.82, 2.24) is 15.0 Å². The first-order chi connectivity index (χ1) is 28.7. The number of nitrogens with zero attached hydrogens (tertiary/aromatic N) is 4. The minimum Gasteiger partial charge on any atom is -0.310 e. The van der Waals surface area contributed by atoms with Crippen molar-refractivity contribution in [2.45, 2.75) is 0 Å². The van der Waals surface area contributed by atoms with Gasteiger partial charge in [0.1, 0.15) is 0 Å². The molecule has 0 aliphatic carbocycles. The molecule has 0 aliphatic heterocycles. The lowest BCUT2D eigenvalue weighted by molar-refractivity contribution is 1.08. The SMILES string of the molecule is c1ccc(-c2cccc(N(c3ccc4ccccc4c3)c3ccc4c(c3)sc3cccc(-c5nc(-c6ccccc6)nc(-c6cccc7ccccc67)n5)c34)c2)cc1. The molecule has 0 atom stereocenters. The molecule has 2 heterocycles. The average Bonchev–Trinajstić information content (AvgIpc) is 3.68. The summed E-state index contributed by atoms with van der Waals surface area (Å²) in [6.07, 6.45) is 0. The van der Waals surface area contributed by atoms with Crippen LogP contribution in [0.2, 0.25) is 0 Å². The van der Waals surface area contributed by atoms with Gasteiger partial charge in [0.05, 0.1) is 0 Å². The number of anilines is 3. The summed E-state index contributed by atoms with van der Waals surface area (Å²) in [4.78, 5) is 17.9. The van der Waals surface area contributed by atoms with E-state index in [9.17, 15) is 0 Å². The minimum atomic E-state index is 0.649. The molecule has 0 saturated heterocycles. The third-order valence-electron chi connectivity index (χ3n) is 10.9. The first-order valence-electron chi connectivity index (χ1n) is 19.4. The van der Waals surface area contributed by atoms with Gasteiger partial charge >= 0.3 is 0 Å². The Hall–Kier alpha value is -7.47. The Kier molecular flexibility index (Phi) is 8.30. The van der Waals surface area contributed by atoms with E-state index in [1.807, 2.05) is 18.2 Å². The fourth-order valence-electron chi connectivity index (χ4n) is 8.11. The highest BCUT2D eigenvalue weighted by atomic mass is 32.1. The molecule has 0 N–H and O–H groups in total. The van der Waals surface area contributed by atoms with Gasteiger partial charge in [-0.2, -0.15) is 0 Å². The van der Waals surface area contributed by atoms with Crippen molar-refractivity contribution in [3.05, 3.63) is 206 Å². The Morgan fingerprint density at radius 3 is 1.76 bits per heavy atom. The van der Waals surface area contributed by atoms with E-state index in [4.69, 9.17) is 15.0 Å². The van der Waals surface area contributed by atoms with Crippen LogP contribution in [-0.2, 0) is 0 Å². The lowest BCUT2D eigenvalue weighted by Crippen LogP contribution is -2.10. The van der Waals surface area contributed by atoms with Gasteiger partial charge in [-0.25, -0.2) is 15.0 Å². The Balaban J connectivity index is 1.09. The fourth-order valence-corrected chi connectivity index (χ4v) is 9.28. The Bertz CT molecular complexity index is 3300. The molecular weight excluding hydrogens is 725 g/mol. The standard InChI is InChI=1S/C53H34N4S/c1-3-14-35(15-4-1)40-22-11-23-41(32-40)57(42-29-28-36-16-7-8-20-39(36)33-42)43-30-31-46-49(34-43)58-48-27-13-26-47(50(46)48)53-55-51(38-18-5-2-6-19-38)54-52(56-53)45-25-12-21-37-17-9-10-24-44(37)45/h1-34H. The summed E-state index contributed by atoms with van der Waals surface area (Å²) in [7, 11) is 0. The summed E-state index contributed by atoms with van der Waals surface area (Å²) in [5.41, 5.74) is 8.56. The molecule has 4 nitrogen and oxygen atoms in total. The summed E-state index contributed by atoms with van der Waals surface area (Å²) >= 11 is 1.80. The molecule has 9 aromatic carbocycles. The van der Waals surface area contributed by atoms with Crippen LogP contribution >= 0.6 is 11.3 Å². The van der Waals surface area contributed by atoms with Crippen LogP contribution in [0.4, 0.5) is 17.1 Å². The zero-order valence-corrected chi connectivity index (χ0v) is 32.1. The van der Waals surface area contributed by atoms with Crippen LogP contribution in [0.5, 0.6) is 0 Å². The maximum atomic E-state index is 5.24. The van der Waals surface area contributed by atoms with Gasteiger partial charge in [0.15, 0.2) is 17.5 Å². The third kappa shape index (κ3) is 6.06. The van der Waals surface area contributed by atoms with E-state index in [0.29, 0.717) is 17.5 Å². The minimum absolute atomic E-state index is 0.649. The van der Waals surface area contributed by atoms with Gasteiger partial charge < -0.3 is 4.90 Å². The van der Waals surface area contributed by atoms with Crippen LogP contribution in [0.15, 0.2) is 206 Å². The number of benzene rings is 9. The molecule has 0 spiro atoms. The Morgan fingerprint density at radius 1 is 0.328 bits per heavy atom. The predicted molar refractivity (Wildman–Crippen MR) is 244 cm³/mol. The number of thiophene rings is 1. The third-order valence-corrected chi connectivity index (χ3v) is 12.0. The van der Waals surface area contributed by atoms with Gasteiger partial charge in [0, 0.05) is 53.9 Å². The van der Waals surface area contributed by atoms with Crippen molar-refractivity contribution in [3.8, 4) is 45.3 Å². The number of rotatable bonds is 7. The number of hydrogen-bond donors (Lipinski definition) is 0. The quantitative estimate of drug-likeness (QED) is 0.162. The zero-order chi connectivity index (χ0) is 38.4. The van der Waals surface area contributed by atoms with Crippen molar-refractivity contribution in [2.24, 2.45) is 0 Å². The topological polar surface area (TPSA) is 41.9 Å². The molecule has 0 saturated carbocycles. The summed E-state index contributed by atoms with van der Waals surface area (Å²) in [5, 5.41) is 6.99. The van der Waals surface area contributed by atoms with Gasteiger partial charge in [-0.15, -0.1) is 11.3 Å². The molecule has 5 heteroatoms. The van der Waals surface area contributed by atoms with Crippen LogP contribution in [0.25, 0.3) is 87.0 Å². The molecule has 272 valence electrons. The molecule has 58 heavy (non-hydrogen) atoms. The second kappa shape index (κ2) is 14.2. The van der Waals surface area contributed by atoms with E-state index in [0.717, 1.165) is 49.9 Å². The van der Waals surface area contributed by atoms with E-state index < -0.39 is 0 Å². The van der Waals surface area contributed by atoms with Crippen molar-refractivity contribution in [1.29, 1.82) is 0 Å². The van der Waals surface area contributed by atoms with Gasteiger partial charge in [-0.1, -0.05) is 164 Å². The van der Waals surface area contributed by atoms with E-state index >= 15 is 0 Å². The van der Waals surface area contributed by atoms with Gasteiger partial charge in [-0.3, -0.25) is 0 Å². The van der Waals surface area contributed by atoms with Gasteiger partial charge in [0.25, 0.3) is 0 Å². The second-order valence-corrected chi connectivity index (χ2v) is 15.5. The van der Waals surface area contributed by atoms with E-state index in [1.165, 1.54) is 36.7 Å². The van der Waals surface area contributed by atoms with E-state index in [-0.39, 0.29) is 0 Å². The van der Waals surface area contributed by atoms with E-state index in [2.05, 4.69) is 193 Å². The van der Waals surface area contributed by atoms with Crippen LogP contribution in [-0.4, -0.2) is 15.0 Å². The largest absolute Gasteiger partial charge is 0.310 e. The molecular formula is C53H34N4S. The van der Waals surface area contributed by atoms with E-state index in [1.54, 1.807) is 11.3 Å². The normalized spacial score (nSPS) is 11.4. The van der Waals surface area contributed by atoms with Gasteiger partial charge in [-0.05, 0) is 75.1 Å². The molecule has 11 aromatic rings.